The van der Waals surface area contributed by atoms with Gasteiger partial charge in [-0.15, -0.1) is 0 Å². The molecule has 0 aromatic heterocycles. The van der Waals surface area contributed by atoms with Crippen molar-refractivity contribution in [2.24, 2.45) is 5.92 Å². The second-order valence-corrected chi connectivity index (χ2v) is 4.50. The van der Waals surface area contributed by atoms with Crippen LogP contribution >= 0.6 is 0 Å². The van der Waals surface area contributed by atoms with Crippen LogP contribution < -0.4 is 15.4 Å². The number of hydrogen-bond acceptors (Lipinski definition) is 3. The third-order valence-corrected chi connectivity index (χ3v) is 3.22. The fourth-order valence-electron chi connectivity index (χ4n) is 2.13. The van der Waals surface area contributed by atoms with E-state index in [4.69, 9.17) is 4.74 Å². The molecule has 1 unspecified atom stereocenters. The Kier molecular flexibility index (Phi) is 4.36. The number of rotatable bonds is 5. The molecule has 1 aromatic carbocycles. The largest absolute Gasteiger partial charge is 0.495 e. The fraction of sp³-hybridized carbons (Fsp3) is 0.538. The van der Waals surface area contributed by atoms with Crippen molar-refractivity contribution in [3.05, 3.63) is 23.8 Å². The molecule has 1 aliphatic heterocycles. The minimum atomic E-state index is -2.47. The number of benzene rings is 1. The van der Waals surface area contributed by atoms with Crippen molar-refractivity contribution in [2.45, 2.75) is 12.8 Å². The topological polar surface area (TPSA) is 33.3 Å². The first-order chi connectivity index (χ1) is 8.70. The maximum Gasteiger partial charge on any atom is 0.263 e. The van der Waals surface area contributed by atoms with Gasteiger partial charge in [-0.3, -0.25) is 0 Å². The minimum Gasteiger partial charge on any atom is -0.495 e. The van der Waals surface area contributed by atoms with Crippen molar-refractivity contribution in [3.63, 3.8) is 0 Å². The number of halogens is 2. The third-order valence-electron chi connectivity index (χ3n) is 3.22. The van der Waals surface area contributed by atoms with E-state index in [1.807, 2.05) is 0 Å². The van der Waals surface area contributed by atoms with Crippen LogP contribution in [0.2, 0.25) is 0 Å². The van der Waals surface area contributed by atoms with E-state index in [2.05, 4.69) is 10.6 Å². The van der Waals surface area contributed by atoms with Crippen LogP contribution in [-0.2, 0) is 0 Å². The molecule has 2 rings (SSSR count). The Morgan fingerprint density at radius 1 is 1.50 bits per heavy atom. The van der Waals surface area contributed by atoms with E-state index >= 15 is 0 Å². The van der Waals surface area contributed by atoms with Crippen molar-refractivity contribution in [1.29, 1.82) is 0 Å². The van der Waals surface area contributed by atoms with E-state index < -0.39 is 6.43 Å². The highest BCUT2D eigenvalue weighted by Crippen LogP contribution is 2.30. The SMILES string of the molecule is COc1cc(C(F)F)ccc1NCC1CCNC1. The maximum atomic E-state index is 12.6. The van der Waals surface area contributed by atoms with Crippen LogP contribution in [0.3, 0.4) is 0 Å². The van der Waals surface area contributed by atoms with Gasteiger partial charge in [0.2, 0.25) is 0 Å². The van der Waals surface area contributed by atoms with Crippen LogP contribution in [0.25, 0.3) is 0 Å². The summed E-state index contributed by atoms with van der Waals surface area (Å²) in [6.45, 7) is 2.88. The van der Waals surface area contributed by atoms with Crippen molar-refractivity contribution in [1.82, 2.24) is 5.32 Å². The molecule has 0 radical (unpaired) electrons. The normalized spacial score (nSPS) is 19.2. The lowest BCUT2D eigenvalue weighted by atomic mass is 10.1. The number of alkyl halides is 2. The lowest BCUT2D eigenvalue weighted by Gasteiger charge is -2.15. The first-order valence-electron chi connectivity index (χ1n) is 6.11. The summed E-state index contributed by atoms with van der Waals surface area (Å²) < 4.78 is 30.3. The van der Waals surface area contributed by atoms with Crippen molar-refractivity contribution in [3.8, 4) is 5.75 Å². The predicted molar refractivity (Wildman–Crippen MR) is 67.4 cm³/mol. The summed E-state index contributed by atoms with van der Waals surface area (Å²) in [5.41, 5.74) is 0.758. The van der Waals surface area contributed by atoms with Gasteiger partial charge in [0.25, 0.3) is 6.43 Å². The van der Waals surface area contributed by atoms with Crippen LogP contribution in [0.4, 0.5) is 14.5 Å². The van der Waals surface area contributed by atoms with Gasteiger partial charge < -0.3 is 15.4 Å². The predicted octanol–water partition coefficient (Wildman–Crippen LogP) is 2.65. The minimum absolute atomic E-state index is 0.0140. The van der Waals surface area contributed by atoms with Crippen LogP contribution in [0.15, 0.2) is 18.2 Å². The molecule has 1 saturated heterocycles. The van der Waals surface area contributed by atoms with Crippen LogP contribution in [0.5, 0.6) is 5.75 Å². The van der Waals surface area contributed by atoms with Gasteiger partial charge in [0.15, 0.2) is 0 Å². The number of anilines is 1. The fourth-order valence-corrected chi connectivity index (χ4v) is 2.13. The summed E-state index contributed by atoms with van der Waals surface area (Å²) in [6, 6.07) is 4.48. The smallest absolute Gasteiger partial charge is 0.263 e. The van der Waals surface area contributed by atoms with Crippen molar-refractivity contribution < 1.29 is 13.5 Å². The van der Waals surface area contributed by atoms with E-state index in [1.165, 1.54) is 19.2 Å². The molecule has 2 N–H and O–H groups in total. The second-order valence-electron chi connectivity index (χ2n) is 4.50. The molecular weight excluding hydrogens is 238 g/mol. The lowest BCUT2D eigenvalue weighted by molar-refractivity contribution is 0.151. The molecule has 0 aliphatic carbocycles. The molecule has 1 aromatic rings. The number of ether oxygens (including phenoxy) is 1. The van der Waals surface area contributed by atoms with Gasteiger partial charge in [-0.2, -0.15) is 0 Å². The number of nitrogens with one attached hydrogen (secondary N) is 2. The van der Waals surface area contributed by atoms with Crippen LogP contribution in [0.1, 0.15) is 18.4 Å². The molecule has 1 aliphatic rings. The molecule has 5 heteroatoms. The highest BCUT2D eigenvalue weighted by molar-refractivity contribution is 5.58. The van der Waals surface area contributed by atoms with Crippen molar-refractivity contribution in [2.75, 3.05) is 32.1 Å². The highest BCUT2D eigenvalue weighted by atomic mass is 19.3. The van der Waals surface area contributed by atoms with Gasteiger partial charge in [0.05, 0.1) is 12.8 Å². The first-order valence-corrected chi connectivity index (χ1v) is 6.11. The standard InChI is InChI=1S/C13H18F2N2O/c1-18-12-6-10(13(14)15)2-3-11(12)17-8-9-4-5-16-7-9/h2-3,6,9,13,16-17H,4-5,7-8H2,1H3. The molecule has 0 bridgehead atoms. The molecule has 100 valence electrons. The van der Waals surface area contributed by atoms with Crippen LogP contribution in [-0.4, -0.2) is 26.7 Å². The average Bonchev–Trinajstić information content (AvgIpc) is 2.89. The molecule has 18 heavy (non-hydrogen) atoms. The molecule has 1 fully saturated rings. The van der Waals surface area contributed by atoms with E-state index in [9.17, 15) is 8.78 Å². The molecule has 1 atom stereocenters. The summed E-state index contributed by atoms with van der Waals surface area (Å²) in [7, 11) is 1.49. The Morgan fingerprint density at radius 3 is 2.94 bits per heavy atom. The van der Waals surface area contributed by atoms with Gasteiger partial charge >= 0.3 is 0 Å². The lowest BCUT2D eigenvalue weighted by Crippen LogP contribution is -2.17. The summed E-state index contributed by atoms with van der Waals surface area (Å²) in [5.74, 6) is 1.06. The maximum absolute atomic E-state index is 12.6. The molecular formula is C13H18F2N2O. The van der Waals surface area contributed by atoms with Gasteiger partial charge in [-0.25, -0.2) is 8.78 Å². The number of hydrogen-bond donors (Lipinski definition) is 2. The zero-order valence-corrected chi connectivity index (χ0v) is 10.4. The summed E-state index contributed by atoms with van der Waals surface area (Å²) in [6.07, 6.45) is -1.32. The molecule has 0 spiro atoms. The first kappa shape index (κ1) is 13.1. The van der Waals surface area contributed by atoms with Gasteiger partial charge in [-0.05, 0) is 37.6 Å². The highest BCUT2D eigenvalue weighted by Gasteiger charge is 2.15. The zero-order valence-electron chi connectivity index (χ0n) is 10.4. The zero-order chi connectivity index (χ0) is 13.0. The monoisotopic (exact) mass is 256 g/mol. The average molecular weight is 256 g/mol. The second kappa shape index (κ2) is 6.00. The molecule has 1 heterocycles. The summed E-state index contributed by atoms with van der Waals surface area (Å²) >= 11 is 0. The van der Waals surface area contributed by atoms with Gasteiger partial charge in [0.1, 0.15) is 5.75 Å². The third kappa shape index (κ3) is 3.10. The molecule has 0 amide bonds. The Hall–Kier alpha value is -1.36. The van der Waals surface area contributed by atoms with E-state index in [0.29, 0.717) is 11.7 Å². The van der Waals surface area contributed by atoms with E-state index in [-0.39, 0.29) is 5.56 Å². The van der Waals surface area contributed by atoms with Gasteiger partial charge in [0, 0.05) is 12.1 Å². The van der Waals surface area contributed by atoms with E-state index in [1.54, 1.807) is 6.07 Å². The summed E-state index contributed by atoms with van der Waals surface area (Å²) in [5, 5.41) is 6.55. The van der Waals surface area contributed by atoms with E-state index in [0.717, 1.165) is 31.7 Å². The molecule has 0 saturated carbocycles. The Morgan fingerprint density at radius 2 is 2.33 bits per heavy atom. The van der Waals surface area contributed by atoms with Gasteiger partial charge in [-0.1, -0.05) is 6.07 Å². The Balaban J connectivity index is 2.02. The Bertz CT molecular complexity index is 393. The van der Waals surface area contributed by atoms with Crippen molar-refractivity contribution >= 4 is 5.69 Å². The molecule has 3 nitrogen and oxygen atoms in total. The quantitative estimate of drug-likeness (QED) is 0.849. The number of methoxy groups -OCH3 is 1. The summed E-state index contributed by atoms with van der Waals surface area (Å²) in [4.78, 5) is 0. The van der Waals surface area contributed by atoms with Crippen LogP contribution in [0, 0.1) is 5.92 Å². The Labute approximate surface area is 106 Å².